The topological polar surface area (TPSA) is 70.8 Å². The Hall–Kier alpha value is -1.60. The number of oxazole rings is 1. The lowest BCUT2D eigenvalue weighted by atomic mass is 10.4. The van der Waals surface area contributed by atoms with E-state index >= 15 is 0 Å². The number of rotatable bonds is 4. The minimum absolute atomic E-state index is 0.188. The minimum Gasteiger partial charge on any atom is -0.461 e. The Morgan fingerprint density at radius 1 is 1.50 bits per heavy atom. The van der Waals surface area contributed by atoms with Crippen LogP contribution in [0.5, 0.6) is 0 Å². The van der Waals surface area contributed by atoms with Crippen molar-refractivity contribution in [1.29, 1.82) is 0 Å². The van der Waals surface area contributed by atoms with Gasteiger partial charge in [-0.1, -0.05) is 0 Å². The van der Waals surface area contributed by atoms with Gasteiger partial charge in [0.2, 0.25) is 0 Å². The average Bonchev–Trinajstić information content (AvgIpc) is 2.81. The molecule has 18 heavy (non-hydrogen) atoms. The number of likely N-dealkylation sites (N-methyl/N-ethyl adjacent to an activating group) is 1. The highest BCUT2D eigenvalue weighted by molar-refractivity contribution is 5.87. The highest BCUT2D eigenvalue weighted by Gasteiger charge is 2.17. The molecule has 2 heterocycles. The lowest BCUT2D eigenvalue weighted by Gasteiger charge is -2.31. The molecule has 0 bridgehead atoms. The van der Waals surface area contributed by atoms with Gasteiger partial charge in [-0.3, -0.25) is 5.43 Å². The summed E-state index contributed by atoms with van der Waals surface area (Å²) in [4.78, 5) is 17.7. The Labute approximate surface area is 106 Å². The second kappa shape index (κ2) is 5.83. The van der Waals surface area contributed by atoms with Crippen molar-refractivity contribution in [3.05, 3.63) is 12.0 Å². The Morgan fingerprint density at radius 3 is 2.89 bits per heavy atom. The molecule has 1 aliphatic heterocycles. The number of nitrogens with one attached hydrogen (secondary N) is 1. The number of esters is 1. The molecule has 0 aromatic carbocycles. The van der Waals surface area contributed by atoms with Crippen LogP contribution in [0.4, 0.5) is 6.01 Å². The van der Waals surface area contributed by atoms with Gasteiger partial charge in [-0.2, -0.15) is 4.98 Å². The van der Waals surface area contributed by atoms with Crippen molar-refractivity contribution in [2.75, 3.05) is 45.3 Å². The summed E-state index contributed by atoms with van der Waals surface area (Å²) >= 11 is 0. The predicted molar refractivity (Wildman–Crippen MR) is 65.2 cm³/mol. The van der Waals surface area contributed by atoms with Gasteiger partial charge in [0, 0.05) is 26.2 Å². The van der Waals surface area contributed by atoms with Crippen molar-refractivity contribution < 1.29 is 13.9 Å². The van der Waals surface area contributed by atoms with Crippen LogP contribution >= 0.6 is 0 Å². The van der Waals surface area contributed by atoms with E-state index in [-0.39, 0.29) is 5.69 Å². The molecule has 1 aliphatic rings. The van der Waals surface area contributed by atoms with E-state index < -0.39 is 5.97 Å². The van der Waals surface area contributed by atoms with Gasteiger partial charge in [0.1, 0.15) is 6.26 Å². The Bertz CT molecular complexity index is 399. The van der Waals surface area contributed by atoms with E-state index in [4.69, 9.17) is 9.15 Å². The Morgan fingerprint density at radius 2 is 2.22 bits per heavy atom. The van der Waals surface area contributed by atoms with E-state index in [1.165, 1.54) is 6.26 Å². The molecule has 100 valence electrons. The van der Waals surface area contributed by atoms with Crippen LogP contribution in [0.25, 0.3) is 0 Å². The fourth-order valence-corrected chi connectivity index (χ4v) is 1.68. The van der Waals surface area contributed by atoms with Crippen LogP contribution in [0.3, 0.4) is 0 Å². The molecule has 7 heteroatoms. The molecule has 1 aromatic heterocycles. The second-order valence-electron chi connectivity index (χ2n) is 4.16. The number of carbonyl (C=O) groups excluding carboxylic acids is 1. The third kappa shape index (κ3) is 3.21. The number of anilines is 1. The number of carbonyl (C=O) groups is 1. The summed E-state index contributed by atoms with van der Waals surface area (Å²) in [5.74, 6) is -0.465. The number of hydrogen-bond donors (Lipinski definition) is 1. The summed E-state index contributed by atoms with van der Waals surface area (Å²) in [7, 11) is 2.08. The van der Waals surface area contributed by atoms with E-state index in [2.05, 4.69) is 22.4 Å². The van der Waals surface area contributed by atoms with Gasteiger partial charge >= 0.3 is 12.0 Å². The fourth-order valence-electron chi connectivity index (χ4n) is 1.68. The summed E-state index contributed by atoms with van der Waals surface area (Å²) in [6.07, 6.45) is 1.30. The van der Waals surface area contributed by atoms with Gasteiger partial charge < -0.3 is 14.1 Å². The number of hydrogen-bond acceptors (Lipinski definition) is 7. The second-order valence-corrected chi connectivity index (χ2v) is 4.16. The zero-order chi connectivity index (χ0) is 13.0. The molecule has 1 fully saturated rings. The zero-order valence-corrected chi connectivity index (χ0v) is 10.7. The number of hydrazine groups is 1. The number of nitrogens with zero attached hydrogens (tertiary/aromatic N) is 3. The summed E-state index contributed by atoms with van der Waals surface area (Å²) in [5.41, 5.74) is 3.23. The van der Waals surface area contributed by atoms with Crippen LogP contribution in [-0.4, -0.2) is 60.7 Å². The zero-order valence-electron chi connectivity index (χ0n) is 10.7. The molecule has 0 spiro atoms. The molecule has 0 radical (unpaired) electrons. The first-order chi connectivity index (χ1) is 8.69. The van der Waals surface area contributed by atoms with Gasteiger partial charge in [-0.15, -0.1) is 0 Å². The van der Waals surface area contributed by atoms with Crippen LogP contribution in [0, 0.1) is 0 Å². The lowest BCUT2D eigenvalue weighted by Crippen LogP contribution is -2.47. The Kier molecular flexibility index (Phi) is 4.16. The van der Waals surface area contributed by atoms with E-state index in [1.807, 2.05) is 5.01 Å². The van der Waals surface area contributed by atoms with Crippen LogP contribution in [-0.2, 0) is 4.74 Å². The Balaban J connectivity index is 1.88. The molecular weight excluding hydrogens is 236 g/mol. The fraction of sp³-hybridized carbons (Fsp3) is 0.636. The van der Waals surface area contributed by atoms with E-state index in [9.17, 15) is 4.79 Å². The smallest absolute Gasteiger partial charge is 0.360 e. The minimum atomic E-state index is -0.465. The van der Waals surface area contributed by atoms with Gasteiger partial charge in [-0.05, 0) is 14.0 Å². The van der Waals surface area contributed by atoms with Gasteiger partial charge in [-0.25, -0.2) is 9.80 Å². The largest absolute Gasteiger partial charge is 0.461 e. The molecule has 0 amide bonds. The first-order valence-corrected chi connectivity index (χ1v) is 6.02. The van der Waals surface area contributed by atoms with Crippen molar-refractivity contribution in [2.45, 2.75) is 6.92 Å². The lowest BCUT2D eigenvalue weighted by molar-refractivity contribution is 0.0519. The highest BCUT2D eigenvalue weighted by Crippen LogP contribution is 2.10. The predicted octanol–water partition coefficient (Wildman–Crippen LogP) is 0.426. The maximum absolute atomic E-state index is 11.4. The summed E-state index contributed by atoms with van der Waals surface area (Å²) in [6, 6.07) is 0.322. The normalized spacial score (nSPS) is 17.7. The standard InChI is InChI=1S/C11H18N4O3/c1-3-17-10(16)9-8-18-11(12-9)13-15-6-4-14(2)5-7-15/h8H,3-7H2,1-2H3,(H,12,13). The van der Waals surface area contributed by atoms with Crippen molar-refractivity contribution in [1.82, 2.24) is 14.9 Å². The van der Waals surface area contributed by atoms with Crippen molar-refractivity contribution in [3.63, 3.8) is 0 Å². The van der Waals surface area contributed by atoms with Gasteiger partial charge in [0.25, 0.3) is 0 Å². The molecule has 7 nitrogen and oxygen atoms in total. The molecule has 0 atom stereocenters. The molecular formula is C11H18N4O3. The van der Waals surface area contributed by atoms with E-state index in [1.54, 1.807) is 6.92 Å². The van der Waals surface area contributed by atoms with Gasteiger partial charge in [0.15, 0.2) is 5.69 Å². The molecule has 0 aliphatic carbocycles. The maximum atomic E-state index is 11.4. The first kappa shape index (κ1) is 12.8. The van der Waals surface area contributed by atoms with Crippen LogP contribution in [0.1, 0.15) is 17.4 Å². The molecule has 0 saturated carbocycles. The highest BCUT2D eigenvalue weighted by atomic mass is 16.5. The number of ether oxygens (including phenoxy) is 1. The number of aromatic nitrogens is 1. The SMILES string of the molecule is CCOC(=O)c1coc(NN2CCN(C)CC2)n1. The van der Waals surface area contributed by atoms with Gasteiger partial charge in [0.05, 0.1) is 6.61 Å². The summed E-state index contributed by atoms with van der Waals surface area (Å²) in [5, 5.41) is 2.01. The maximum Gasteiger partial charge on any atom is 0.360 e. The van der Waals surface area contributed by atoms with Crippen LogP contribution < -0.4 is 5.43 Å². The number of piperazine rings is 1. The molecule has 1 aromatic rings. The molecule has 2 rings (SSSR count). The quantitative estimate of drug-likeness (QED) is 0.781. The third-order valence-corrected chi connectivity index (χ3v) is 2.75. The third-order valence-electron chi connectivity index (χ3n) is 2.75. The first-order valence-electron chi connectivity index (χ1n) is 6.02. The van der Waals surface area contributed by atoms with E-state index in [0.717, 1.165) is 26.2 Å². The van der Waals surface area contributed by atoms with E-state index in [0.29, 0.717) is 12.6 Å². The molecule has 0 unspecified atom stereocenters. The van der Waals surface area contributed by atoms with Crippen LogP contribution in [0.15, 0.2) is 10.7 Å². The van der Waals surface area contributed by atoms with Crippen molar-refractivity contribution >= 4 is 12.0 Å². The summed E-state index contributed by atoms with van der Waals surface area (Å²) < 4.78 is 10.0. The average molecular weight is 254 g/mol. The summed E-state index contributed by atoms with van der Waals surface area (Å²) in [6.45, 7) is 5.81. The monoisotopic (exact) mass is 254 g/mol. The molecule has 1 N–H and O–H groups in total. The van der Waals surface area contributed by atoms with Crippen molar-refractivity contribution in [3.8, 4) is 0 Å². The molecule has 1 saturated heterocycles. The van der Waals surface area contributed by atoms with Crippen molar-refractivity contribution in [2.24, 2.45) is 0 Å². The van der Waals surface area contributed by atoms with Crippen LogP contribution in [0.2, 0.25) is 0 Å².